The van der Waals surface area contributed by atoms with Crippen LogP contribution in [0.15, 0.2) is 84.0 Å². The van der Waals surface area contributed by atoms with E-state index >= 15 is 0 Å². The molecule has 0 atom stereocenters. The van der Waals surface area contributed by atoms with Crippen LogP contribution in [0.1, 0.15) is 21.5 Å². The highest BCUT2D eigenvalue weighted by atomic mass is 16.5. The molecule has 0 unspecified atom stereocenters. The Labute approximate surface area is 173 Å². The maximum atomic E-state index is 12.2. The Kier molecular flexibility index (Phi) is 6.68. The first-order valence-electron chi connectivity index (χ1n) is 9.09. The molecule has 0 spiro atoms. The highest BCUT2D eigenvalue weighted by Gasteiger charge is 2.12. The highest BCUT2D eigenvalue weighted by molar-refractivity contribution is 6.39. The van der Waals surface area contributed by atoms with Gasteiger partial charge in [0.1, 0.15) is 5.75 Å². The first-order valence-corrected chi connectivity index (χ1v) is 9.09. The van der Waals surface area contributed by atoms with Crippen molar-refractivity contribution in [3.05, 3.63) is 95.6 Å². The summed E-state index contributed by atoms with van der Waals surface area (Å²) in [5.74, 6) is -1.78. The summed E-state index contributed by atoms with van der Waals surface area (Å²) >= 11 is 0. The summed E-state index contributed by atoms with van der Waals surface area (Å²) < 4.78 is 5.34. The lowest BCUT2D eigenvalue weighted by atomic mass is 10.1. The number of anilines is 1. The van der Waals surface area contributed by atoms with Gasteiger partial charge in [-0.1, -0.05) is 35.9 Å². The van der Waals surface area contributed by atoms with E-state index in [0.29, 0.717) is 22.6 Å². The van der Waals surface area contributed by atoms with Gasteiger partial charge in [0.05, 0.1) is 11.8 Å². The maximum absolute atomic E-state index is 12.2. The molecule has 0 aromatic heterocycles. The predicted molar refractivity (Wildman–Crippen MR) is 113 cm³/mol. The molecule has 30 heavy (non-hydrogen) atoms. The monoisotopic (exact) mass is 401 g/mol. The second-order valence-electron chi connectivity index (χ2n) is 6.35. The fraction of sp³-hybridized carbons (Fsp3) is 0.0435. The number of para-hydroxylation sites is 1. The van der Waals surface area contributed by atoms with Gasteiger partial charge in [0, 0.05) is 5.69 Å². The number of nitrogens with zero attached hydrogens (tertiary/aromatic N) is 1. The van der Waals surface area contributed by atoms with Gasteiger partial charge in [-0.3, -0.25) is 9.59 Å². The molecule has 3 rings (SSSR count). The highest BCUT2D eigenvalue weighted by Crippen LogP contribution is 2.14. The molecule has 3 aromatic rings. The summed E-state index contributed by atoms with van der Waals surface area (Å²) in [6.07, 6.45) is 1.37. The number of hydrogen-bond acceptors (Lipinski definition) is 5. The molecule has 0 saturated heterocycles. The number of hydrazone groups is 1. The standard InChI is InChI=1S/C23H19N3O4/c1-16-6-5-7-18(14-16)23(29)30-20-12-10-17(11-13-20)15-24-26-22(28)21(27)25-19-8-3-2-4-9-19/h2-15H,1H3,(H,25,27)(H,26,28). The quantitative estimate of drug-likeness (QED) is 0.225. The lowest BCUT2D eigenvalue weighted by Crippen LogP contribution is -2.32. The third-order valence-corrected chi connectivity index (χ3v) is 3.96. The molecule has 7 nitrogen and oxygen atoms in total. The van der Waals surface area contributed by atoms with Crippen LogP contribution in [0.4, 0.5) is 5.69 Å². The van der Waals surface area contributed by atoms with Crippen LogP contribution in [0.3, 0.4) is 0 Å². The third-order valence-electron chi connectivity index (χ3n) is 3.96. The van der Waals surface area contributed by atoms with E-state index in [0.717, 1.165) is 5.56 Å². The maximum Gasteiger partial charge on any atom is 0.343 e. The molecule has 3 aromatic carbocycles. The molecule has 0 aliphatic heterocycles. The molecule has 0 aliphatic rings. The zero-order chi connectivity index (χ0) is 21.3. The molecule has 0 radical (unpaired) electrons. The van der Waals surface area contributed by atoms with E-state index in [-0.39, 0.29) is 0 Å². The van der Waals surface area contributed by atoms with E-state index in [2.05, 4.69) is 15.8 Å². The average molecular weight is 401 g/mol. The van der Waals surface area contributed by atoms with Crippen LogP contribution in [0.25, 0.3) is 0 Å². The minimum atomic E-state index is -0.890. The van der Waals surface area contributed by atoms with Crippen LogP contribution in [0, 0.1) is 6.92 Å². The molecular weight excluding hydrogens is 382 g/mol. The Hall–Kier alpha value is -4.26. The fourth-order valence-corrected chi connectivity index (χ4v) is 2.49. The number of esters is 1. The average Bonchev–Trinajstić information content (AvgIpc) is 2.75. The number of ether oxygens (including phenoxy) is 1. The molecule has 0 heterocycles. The number of rotatable bonds is 5. The fourth-order valence-electron chi connectivity index (χ4n) is 2.49. The number of carbonyl (C=O) groups excluding carboxylic acids is 3. The van der Waals surface area contributed by atoms with E-state index in [4.69, 9.17) is 4.74 Å². The van der Waals surface area contributed by atoms with Crippen LogP contribution in [0.5, 0.6) is 5.75 Å². The van der Waals surface area contributed by atoms with Crippen molar-refractivity contribution < 1.29 is 19.1 Å². The normalized spacial score (nSPS) is 10.4. The van der Waals surface area contributed by atoms with Gasteiger partial charge < -0.3 is 10.1 Å². The SMILES string of the molecule is Cc1cccc(C(=O)Oc2ccc(C=NNC(=O)C(=O)Nc3ccccc3)cc2)c1. The topological polar surface area (TPSA) is 96.9 Å². The number of amides is 2. The van der Waals surface area contributed by atoms with E-state index in [1.807, 2.05) is 13.0 Å². The Morgan fingerprint density at radius 1 is 0.867 bits per heavy atom. The van der Waals surface area contributed by atoms with Crippen LogP contribution >= 0.6 is 0 Å². The Morgan fingerprint density at radius 3 is 2.30 bits per heavy atom. The summed E-state index contributed by atoms with van der Waals surface area (Å²) in [5.41, 5.74) is 4.75. The number of nitrogens with one attached hydrogen (secondary N) is 2. The Bertz CT molecular complexity index is 1080. The van der Waals surface area contributed by atoms with Crippen molar-refractivity contribution in [1.29, 1.82) is 0 Å². The molecule has 150 valence electrons. The van der Waals surface area contributed by atoms with E-state index in [1.54, 1.807) is 72.8 Å². The van der Waals surface area contributed by atoms with Crippen molar-refractivity contribution in [2.75, 3.05) is 5.32 Å². The van der Waals surface area contributed by atoms with Crippen molar-refractivity contribution in [3.8, 4) is 5.75 Å². The zero-order valence-corrected chi connectivity index (χ0v) is 16.2. The minimum absolute atomic E-state index is 0.380. The van der Waals surface area contributed by atoms with Gasteiger partial charge in [0.2, 0.25) is 0 Å². The first-order chi connectivity index (χ1) is 14.5. The molecular formula is C23H19N3O4. The summed E-state index contributed by atoms with van der Waals surface area (Å²) in [4.78, 5) is 35.7. The molecule has 0 fully saturated rings. The predicted octanol–water partition coefficient (Wildman–Crippen LogP) is 3.30. The number of benzene rings is 3. The van der Waals surface area contributed by atoms with Crippen LogP contribution < -0.4 is 15.5 Å². The van der Waals surface area contributed by atoms with Crippen molar-refractivity contribution in [1.82, 2.24) is 5.43 Å². The summed E-state index contributed by atoms with van der Waals surface area (Å²) in [6, 6.07) is 22.3. The Morgan fingerprint density at radius 2 is 1.60 bits per heavy atom. The lowest BCUT2D eigenvalue weighted by molar-refractivity contribution is -0.136. The molecule has 7 heteroatoms. The van der Waals surface area contributed by atoms with Crippen molar-refractivity contribution in [2.45, 2.75) is 6.92 Å². The minimum Gasteiger partial charge on any atom is -0.423 e. The number of aryl methyl sites for hydroxylation is 1. The van der Waals surface area contributed by atoms with Gasteiger partial charge in [0.25, 0.3) is 0 Å². The van der Waals surface area contributed by atoms with Gasteiger partial charge in [-0.05, 0) is 61.0 Å². The molecule has 0 saturated carbocycles. The van der Waals surface area contributed by atoms with Gasteiger partial charge in [-0.15, -0.1) is 0 Å². The van der Waals surface area contributed by atoms with Gasteiger partial charge >= 0.3 is 17.8 Å². The second kappa shape index (κ2) is 9.79. The lowest BCUT2D eigenvalue weighted by Gasteiger charge is -2.05. The molecule has 0 aliphatic carbocycles. The summed E-state index contributed by atoms with van der Waals surface area (Å²) in [7, 11) is 0. The van der Waals surface area contributed by atoms with Crippen molar-refractivity contribution in [2.24, 2.45) is 5.10 Å². The van der Waals surface area contributed by atoms with Crippen molar-refractivity contribution in [3.63, 3.8) is 0 Å². The van der Waals surface area contributed by atoms with Gasteiger partial charge in [0.15, 0.2) is 0 Å². The number of hydrogen-bond donors (Lipinski definition) is 2. The largest absolute Gasteiger partial charge is 0.423 e. The molecule has 2 amide bonds. The third kappa shape index (κ3) is 5.87. The number of carbonyl (C=O) groups is 3. The van der Waals surface area contributed by atoms with E-state index < -0.39 is 17.8 Å². The summed E-state index contributed by atoms with van der Waals surface area (Å²) in [6.45, 7) is 1.90. The van der Waals surface area contributed by atoms with Crippen LogP contribution in [-0.2, 0) is 9.59 Å². The molecule has 0 bridgehead atoms. The van der Waals surface area contributed by atoms with E-state index in [9.17, 15) is 14.4 Å². The van der Waals surface area contributed by atoms with Crippen LogP contribution in [0.2, 0.25) is 0 Å². The van der Waals surface area contributed by atoms with E-state index in [1.165, 1.54) is 6.21 Å². The molecule has 2 N–H and O–H groups in total. The summed E-state index contributed by atoms with van der Waals surface area (Å²) in [5, 5.41) is 6.22. The Balaban J connectivity index is 1.51. The smallest absolute Gasteiger partial charge is 0.343 e. The second-order valence-corrected chi connectivity index (χ2v) is 6.35. The van der Waals surface area contributed by atoms with Gasteiger partial charge in [-0.25, -0.2) is 10.2 Å². The first kappa shape index (κ1) is 20.5. The van der Waals surface area contributed by atoms with Gasteiger partial charge in [-0.2, -0.15) is 5.10 Å². The zero-order valence-electron chi connectivity index (χ0n) is 16.2. The van der Waals surface area contributed by atoms with Crippen molar-refractivity contribution >= 4 is 29.7 Å². The van der Waals surface area contributed by atoms with Crippen LogP contribution in [-0.4, -0.2) is 24.0 Å².